The van der Waals surface area contributed by atoms with Gasteiger partial charge in [-0.1, -0.05) is 23.2 Å². The van der Waals surface area contributed by atoms with Gasteiger partial charge in [-0.25, -0.2) is 4.79 Å². The molecule has 19 heavy (non-hydrogen) atoms. The lowest BCUT2D eigenvalue weighted by molar-refractivity contribution is -0.155. The van der Waals surface area contributed by atoms with Crippen LogP contribution in [-0.4, -0.2) is 23.2 Å². The fraction of sp³-hybridized carbons (Fsp3) is 0.455. The van der Waals surface area contributed by atoms with Crippen LogP contribution in [0.15, 0.2) is 0 Å². The fourth-order valence-electron chi connectivity index (χ4n) is 1.13. The molecule has 0 fully saturated rings. The summed E-state index contributed by atoms with van der Waals surface area (Å²) in [5.74, 6) is -1.96. The average Bonchev–Trinajstić information content (AvgIpc) is 2.32. The topological polar surface area (TPSA) is 74.4 Å². The Bertz CT molecular complexity index is 497. The summed E-state index contributed by atoms with van der Waals surface area (Å²) in [6.45, 7) is 4.80. The number of carbonyl (C=O) groups excluding carboxylic acids is 1. The number of esters is 1. The predicted octanol–water partition coefficient (Wildman–Crippen LogP) is 2.83. The summed E-state index contributed by atoms with van der Waals surface area (Å²) in [6, 6.07) is 0. The van der Waals surface area contributed by atoms with Crippen LogP contribution in [0.25, 0.3) is 0 Å². The van der Waals surface area contributed by atoms with Crippen molar-refractivity contribution in [3.05, 3.63) is 16.0 Å². The standard InChI is InChI=1S/C11H13Cl2FN2O3/c1-4(2)18-11(17)5(3)19-10-7(13)8(15)6(12)9(14)16-10/h4-5H,1-3H3,(H2,15,16)/t5-/m1/s1. The Morgan fingerprint density at radius 3 is 2.42 bits per heavy atom. The summed E-state index contributed by atoms with van der Waals surface area (Å²) in [7, 11) is 0. The van der Waals surface area contributed by atoms with Crippen LogP contribution in [-0.2, 0) is 9.53 Å². The first-order valence-electron chi connectivity index (χ1n) is 5.41. The van der Waals surface area contributed by atoms with Crippen LogP contribution < -0.4 is 10.5 Å². The molecule has 0 amide bonds. The van der Waals surface area contributed by atoms with E-state index in [2.05, 4.69) is 4.98 Å². The van der Waals surface area contributed by atoms with Crippen LogP contribution in [0.2, 0.25) is 10.0 Å². The van der Waals surface area contributed by atoms with Crippen molar-refractivity contribution in [3.63, 3.8) is 0 Å². The highest BCUT2D eigenvalue weighted by Crippen LogP contribution is 2.35. The lowest BCUT2D eigenvalue weighted by Gasteiger charge is -2.16. The maximum Gasteiger partial charge on any atom is 0.347 e. The Morgan fingerprint density at radius 1 is 1.32 bits per heavy atom. The number of nitrogen functional groups attached to an aromatic ring is 1. The van der Waals surface area contributed by atoms with E-state index in [1.54, 1.807) is 13.8 Å². The molecule has 0 bridgehead atoms. The molecule has 0 radical (unpaired) electrons. The molecule has 0 spiro atoms. The summed E-state index contributed by atoms with van der Waals surface area (Å²) in [4.78, 5) is 14.9. The van der Waals surface area contributed by atoms with E-state index in [9.17, 15) is 9.18 Å². The van der Waals surface area contributed by atoms with E-state index in [1.807, 2.05) is 0 Å². The monoisotopic (exact) mass is 310 g/mol. The number of anilines is 1. The number of halogens is 3. The second kappa shape index (κ2) is 6.25. The summed E-state index contributed by atoms with van der Waals surface area (Å²) in [5, 5.41) is -0.551. The zero-order chi connectivity index (χ0) is 14.7. The van der Waals surface area contributed by atoms with E-state index < -0.39 is 23.0 Å². The summed E-state index contributed by atoms with van der Waals surface area (Å²) >= 11 is 11.3. The smallest absolute Gasteiger partial charge is 0.347 e. The minimum atomic E-state index is -1.03. The molecular weight excluding hydrogens is 298 g/mol. The molecule has 5 nitrogen and oxygen atoms in total. The van der Waals surface area contributed by atoms with Gasteiger partial charge in [0, 0.05) is 0 Å². The van der Waals surface area contributed by atoms with Crippen molar-refractivity contribution < 1.29 is 18.7 Å². The molecular formula is C11H13Cl2FN2O3. The van der Waals surface area contributed by atoms with Crippen molar-refractivity contribution in [3.8, 4) is 5.88 Å². The number of aromatic nitrogens is 1. The maximum absolute atomic E-state index is 13.3. The molecule has 1 rings (SSSR count). The summed E-state index contributed by atoms with van der Waals surface area (Å²) in [6.07, 6.45) is -1.30. The van der Waals surface area contributed by atoms with Crippen molar-refractivity contribution >= 4 is 34.9 Å². The molecule has 8 heteroatoms. The van der Waals surface area contributed by atoms with Crippen molar-refractivity contribution in [2.45, 2.75) is 33.0 Å². The number of hydrogen-bond donors (Lipinski definition) is 1. The zero-order valence-electron chi connectivity index (χ0n) is 10.5. The van der Waals surface area contributed by atoms with Crippen LogP contribution in [0.5, 0.6) is 5.88 Å². The predicted molar refractivity (Wildman–Crippen MR) is 69.9 cm³/mol. The quantitative estimate of drug-likeness (QED) is 0.683. The number of pyridine rings is 1. The Labute approximate surface area is 119 Å². The summed E-state index contributed by atoms with van der Waals surface area (Å²) in [5.41, 5.74) is 5.28. The van der Waals surface area contributed by atoms with E-state index in [0.717, 1.165) is 0 Å². The highest BCUT2D eigenvalue weighted by molar-refractivity contribution is 6.39. The molecule has 0 aromatic carbocycles. The van der Waals surface area contributed by atoms with Crippen molar-refractivity contribution in [1.29, 1.82) is 0 Å². The van der Waals surface area contributed by atoms with Gasteiger partial charge in [0.2, 0.25) is 11.8 Å². The first-order chi connectivity index (χ1) is 8.73. The normalized spacial score (nSPS) is 12.4. The van der Waals surface area contributed by atoms with E-state index in [-0.39, 0.29) is 22.7 Å². The van der Waals surface area contributed by atoms with Crippen LogP contribution in [0, 0.1) is 5.95 Å². The van der Waals surface area contributed by atoms with Gasteiger partial charge >= 0.3 is 5.97 Å². The van der Waals surface area contributed by atoms with Gasteiger partial charge in [-0.05, 0) is 20.8 Å². The molecule has 1 aromatic rings. The number of nitrogens with zero attached hydrogens (tertiary/aromatic N) is 1. The first-order valence-corrected chi connectivity index (χ1v) is 6.16. The van der Waals surface area contributed by atoms with Crippen molar-refractivity contribution in [2.24, 2.45) is 0 Å². The van der Waals surface area contributed by atoms with Crippen LogP contribution in [0.4, 0.5) is 10.1 Å². The SMILES string of the molecule is CC(C)OC(=O)[C@@H](C)Oc1nc(F)c(Cl)c(N)c1Cl. The molecule has 2 N–H and O–H groups in total. The lowest BCUT2D eigenvalue weighted by atomic mass is 10.3. The number of rotatable bonds is 4. The van der Waals surface area contributed by atoms with Gasteiger partial charge < -0.3 is 15.2 Å². The molecule has 0 saturated heterocycles. The number of hydrogen-bond acceptors (Lipinski definition) is 5. The largest absolute Gasteiger partial charge is 0.461 e. The molecule has 1 heterocycles. The van der Waals surface area contributed by atoms with Gasteiger partial charge in [0.05, 0.1) is 11.8 Å². The Morgan fingerprint density at radius 2 is 1.89 bits per heavy atom. The Balaban J connectivity index is 2.91. The Hall–Kier alpha value is -1.27. The maximum atomic E-state index is 13.3. The van der Waals surface area contributed by atoms with Gasteiger partial charge in [0.15, 0.2) is 6.10 Å². The van der Waals surface area contributed by atoms with Crippen LogP contribution >= 0.6 is 23.2 Å². The van der Waals surface area contributed by atoms with Gasteiger partial charge in [0.1, 0.15) is 10.0 Å². The molecule has 0 saturated carbocycles. The third-order valence-electron chi connectivity index (χ3n) is 2.01. The first kappa shape index (κ1) is 15.8. The summed E-state index contributed by atoms with van der Waals surface area (Å²) < 4.78 is 23.4. The van der Waals surface area contributed by atoms with Gasteiger partial charge in [-0.15, -0.1) is 0 Å². The molecule has 1 atom stereocenters. The molecule has 106 valence electrons. The van der Waals surface area contributed by atoms with Crippen molar-refractivity contribution in [2.75, 3.05) is 5.73 Å². The van der Waals surface area contributed by atoms with E-state index in [0.29, 0.717) is 0 Å². The van der Waals surface area contributed by atoms with Crippen molar-refractivity contribution in [1.82, 2.24) is 4.98 Å². The fourth-order valence-corrected chi connectivity index (χ4v) is 1.50. The van der Waals surface area contributed by atoms with Gasteiger partial charge in [-0.3, -0.25) is 0 Å². The van der Waals surface area contributed by atoms with E-state index >= 15 is 0 Å². The van der Waals surface area contributed by atoms with E-state index in [1.165, 1.54) is 6.92 Å². The highest BCUT2D eigenvalue weighted by Gasteiger charge is 2.22. The number of nitrogens with two attached hydrogens (primary N) is 1. The molecule has 0 aliphatic heterocycles. The average molecular weight is 311 g/mol. The number of ether oxygens (including phenoxy) is 2. The Kier molecular flexibility index (Phi) is 5.20. The highest BCUT2D eigenvalue weighted by atomic mass is 35.5. The molecule has 0 unspecified atom stereocenters. The second-order valence-corrected chi connectivity index (χ2v) is 4.75. The third kappa shape index (κ3) is 3.84. The second-order valence-electron chi connectivity index (χ2n) is 4.00. The van der Waals surface area contributed by atoms with Gasteiger partial charge in [-0.2, -0.15) is 9.37 Å². The van der Waals surface area contributed by atoms with Crippen LogP contribution in [0.1, 0.15) is 20.8 Å². The van der Waals surface area contributed by atoms with E-state index in [4.69, 9.17) is 38.4 Å². The molecule has 0 aliphatic carbocycles. The molecule has 0 aliphatic rings. The zero-order valence-corrected chi connectivity index (χ0v) is 12.0. The number of carbonyl (C=O) groups is 1. The third-order valence-corrected chi connectivity index (χ3v) is 2.74. The minimum absolute atomic E-state index is 0.157. The van der Waals surface area contributed by atoms with Crippen LogP contribution in [0.3, 0.4) is 0 Å². The van der Waals surface area contributed by atoms with Gasteiger partial charge in [0.25, 0.3) is 0 Å². The minimum Gasteiger partial charge on any atom is -0.461 e. The molecule has 1 aromatic heterocycles. The lowest BCUT2D eigenvalue weighted by Crippen LogP contribution is -2.28.